The van der Waals surface area contributed by atoms with E-state index in [1.165, 1.54) is 25.3 Å². The number of imide groups is 2. The van der Waals surface area contributed by atoms with Gasteiger partial charge in [-0.25, -0.2) is 14.5 Å². The molecule has 1 saturated heterocycles. The first-order valence-electron chi connectivity index (χ1n) is 8.48. The third kappa shape index (κ3) is 3.68. The molecule has 0 spiro atoms. The van der Waals surface area contributed by atoms with E-state index in [1.807, 2.05) is 19.9 Å². The van der Waals surface area contributed by atoms with E-state index in [1.54, 1.807) is 24.3 Å². The standard InChI is InChI=1S/C21H18N2O5/c1-12-8-13(2)10-16(9-12)23-19(25)17(18(24)22-21(23)27)11-14-4-6-15(7-5-14)20(26)28-3/h4-11H,1-3H3,(H,22,24,27)/b17-11+. The predicted molar refractivity (Wildman–Crippen MR) is 103 cm³/mol. The van der Waals surface area contributed by atoms with Crippen LogP contribution in [0.15, 0.2) is 48.0 Å². The Labute approximate surface area is 161 Å². The van der Waals surface area contributed by atoms with Crippen LogP contribution in [-0.4, -0.2) is 30.9 Å². The zero-order valence-corrected chi connectivity index (χ0v) is 15.6. The highest BCUT2D eigenvalue weighted by atomic mass is 16.5. The maximum absolute atomic E-state index is 12.9. The van der Waals surface area contributed by atoms with Gasteiger partial charge in [0, 0.05) is 0 Å². The van der Waals surface area contributed by atoms with Crippen LogP contribution in [0.25, 0.3) is 6.08 Å². The largest absolute Gasteiger partial charge is 0.465 e. The fourth-order valence-corrected chi connectivity index (χ4v) is 2.97. The molecule has 7 nitrogen and oxygen atoms in total. The van der Waals surface area contributed by atoms with Crippen molar-refractivity contribution in [2.45, 2.75) is 13.8 Å². The Balaban J connectivity index is 1.97. The van der Waals surface area contributed by atoms with Crippen LogP contribution in [-0.2, 0) is 14.3 Å². The summed E-state index contributed by atoms with van der Waals surface area (Å²) in [7, 11) is 1.28. The van der Waals surface area contributed by atoms with Gasteiger partial charge in [-0.05, 0) is 60.9 Å². The number of nitrogens with zero attached hydrogens (tertiary/aromatic N) is 1. The smallest absolute Gasteiger partial charge is 0.337 e. The van der Waals surface area contributed by atoms with Crippen molar-refractivity contribution in [2.75, 3.05) is 12.0 Å². The Morgan fingerprint density at radius 3 is 2.18 bits per heavy atom. The lowest BCUT2D eigenvalue weighted by Gasteiger charge is -2.27. The molecule has 1 N–H and O–H groups in total. The maximum Gasteiger partial charge on any atom is 0.337 e. The van der Waals surface area contributed by atoms with Crippen LogP contribution >= 0.6 is 0 Å². The Morgan fingerprint density at radius 1 is 1.00 bits per heavy atom. The molecule has 28 heavy (non-hydrogen) atoms. The van der Waals surface area contributed by atoms with E-state index < -0.39 is 23.8 Å². The van der Waals surface area contributed by atoms with E-state index in [4.69, 9.17) is 0 Å². The van der Waals surface area contributed by atoms with Gasteiger partial charge in [0.2, 0.25) is 0 Å². The molecule has 142 valence electrons. The van der Waals surface area contributed by atoms with E-state index in [9.17, 15) is 19.2 Å². The molecule has 0 aromatic heterocycles. The number of hydrogen-bond donors (Lipinski definition) is 1. The van der Waals surface area contributed by atoms with Gasteiger partial charge < -0.3 is 4.74 Å². The molecule has 2 aromatic rings. The first kappa shape index (κ1) is 19.0. The van der Waals surface area contributed by atoms with Gasteiger partial charge in [0.25, 0.3) is 11.8 Å². The fourth-order valence-electron chi connectivity index (χ4n) is 2.97. The molecule has 0 radical (unpaired) electrons. The lowest BCUT2D eigenvalue weighted by atomic mass is 10.0. The molecule has 0 bridgehead atoms. The number of carbonyl (C=O) groups is 4. The topological polar surface area (TPSA) is 92.8 Å². The minimum Gasteiger partial charge on any atom is -0.465 e. The molecule has 1 fully saturated rings. The van der Waals surface area contributed by atoms with Gasteiger partial charge in [-0.3, -0.25) is 14.9 Å². The van der Waals surface area contributed by atoms with E-state index in [0.717, 1.165) is 16.0 Å². The molecule has 2 aromatic carbocycles. The summed E-state index contributed by atoms with van der Waals surface area (Å²) >= 11 is 0. The third-order valence-electron chi connectivity index (χ3n) is 4.21. The van der Waals surface area contributed by atoms with Crippen LogP contribution in [0.1, 0.15) is 27.0 Å². The van der Waals surface area contributed by atoms with E-state index >= 15 is 0 Å². The van der Waals surface area contributed by atoms with E-state index in [2.05, 4.69) is 10.1 Å². The summed E-state index contributed by atoms with van der Waals surface area (Å²) in [5.74, 6) is -1.97. The molecule has 4 amide bonds. The van der Waals surface area contributed by atoms with Crippen molar-refractivity contribution in [3.8, 4) is 0 Å². The summed E-state index contributed by atoms with van der Waals surface area (Å²) in [4.78, 5) is 49.9. The van der Waals surface area contributed by atoms with Crippen LogP contribution in [0.2, 0.25) is 0 Å². The maximum atomic E-state index is 12.9. The fraction of sp³-hybridized carbons (Fsp3) is 0.143. The number of rotatable bonds is 3. The summed E-state index contributed by atoms with van der Waals surface area (Å²) in [6.07, 6.45) is 1.38. The summed E-state index contributed by atoms with van der Waals surface area (Å²) in [5, 5.41) is 2.19. The number of methoxy groups -OCH3 is 1. The lowest BCUT2D eigenvalue weighted by Crippen LogP contribution is -2.54. The molecule has 1 aliphatic heterocycles. The van der Waals surface area contributed by atoms with Crippen LogP contribution in [0, 0.1) is 13.8 Å². The highest BCUT2D eigenvalue weighted by molar-refractivity contribution is 6.39. The molecule has 1 heterocycles. The SMILES string of the molecule is COC(=O)c1ccc(/C=C2\C(=O)NC(=O)N(c3cc(C)cc(C)c3)C2=O)cc1. The average Bonchev–Trinajstić information content (AvgIpc) is 2.64. The van der Waals surface area contributed by atoms with Crippen molar-refractivity contribution in [1.82, 2.24) is 5.32 Å². The van der Waals surface area contributed by atoms with Gasteiger partial charge in [0.15, 0.2) is 0 Å². The van der Waals surface area contributed by atoms with Gasteiger partial charge in [-0.2, -0.15) is 0 Å². The van der Waals surface area contributed by atoms with Crippen molar-refractivity contribution in [1.29, 1.82) is 0 Å². The number of hydrogen-bond acceptors (Lipinski definition) is 5. The lowest BCUT2D eigenvalue weighted by molar-refractivity contribution is -0.122. The minimum atomic E-state index is -0.793. The molecule has 3 rings (SSSR count). The zero-order valence-electron chi connectivity index (χ0n) is 15.6. The summed E-state index contributed by atoms with van der Waals surface area (Å²) < 4.78 is 4.64. The summed E-state index contributed by atoms with van der Waals surface area (Å²) in [6, 6.07) is 10.7. The normalized spacial score (nSPS) is 15.6. The predicted octanol–water partition coefficient (Wildman–Crippen LogP) is 2.76. The van der Waals surface area contributed by atoms with E-state index in [0.29, 0.717) is 16.8 Å². The first-order valence-corrected chi connectivity index (χ1v) is 8.48. The number of ether oxygens (including phenoxy) is 1. The molecule has 0 saturated carbocycles. The molecular formula is C21H18N2O5. The van der Waals surface area contributed by atoms with Crippen LogP contribution < -0.4 is 10.2 Å². The second kappa shape index (κ2) is 7.48. The van der Waals surface area contributed by atoms with Crippen molar-refractivity contribution in [2.24, 2.45) is 0 Å². The monoisotopic (exact) mass is 378 g/mol. The van der Waals surface area contributed by atoms with Crippen LogP contribution in [0.4, 0.5) is 10.5 Å². The van der Waals surface area contributed by atoms with E-state index in [-0.39, 0.29) is 5.57 Å². The molecule has 7 heteroatoms. The number of barbiturate groups is 1. The van der Waals surface area contributed by atoms with Gasteiger partial charge in [-0.1, -0.05) is 18.2 Å². The Hall–Kier alpha value is -3.74. The number of carbonyl (C=O) groups excluding carboxylic acids is 4. The first-order chi connectivity index (χ1) is 13.3. The number of amides is 4. The van der Waals surface area contributed by atoms with Crippen molar-refractivity contribution < 1.29 is 23.9 Å². The number of aryl methyl sites for hydroxylation is 2. The van der Waals surface area contributed by atoms with Crippen molar-refractivity contribution >= 4 is 35.6 Å². The number of urea groups is 1. The molecular weight excluding hydrogens is 360 g/mol. The second-order valence-corrected chi connectivity index (χ2v) is 6.42. The number of nitrogens with one attached hydrogen (secondary N) is 1. The summed E-state index contributed by atoms with van der Waals surface area (Å²) in [5.41, 5.74) is 2.86. The van der Waals surface area contributed by atoms with Gasteiger partial charge >= 0.3 is 12.0 Å². The van der Waals surface area contributed by atoms with Gasteiger partial charge in [-0.15, -0.1) is 0 Å². The zero-order chi connectivity index (χ0) is 20.4. The molecule has 1 aliphatic rings. The number of anilines is 1. The molecule has 0 unspecified atom stereocenters. The van der Waals surface area contributed by atoms with Crippen molar-refractivity contribution in [3.63, 3.8) is 0 Å². The van der Waals surface area contributed by atoms with Gasteiger partial charge in [0.1, 0.15) is 5.57 Å². The van der Waals surface area contributed by atoms with Crippen LogP contribution in [0.3, 0.4) is 0 Å². The molecule has 0 atom stereocenters. The molecule has 0 aliphatic carbocycles. The Kier molecular flexibility index (Phi) is 5.08. The van der Waals surface area contributed by atoms with Gasteiger partial charge in [0.05, 0.1) is 18.4 Å². The quantitative estimate of drug-likeness (QED) is 0.504. The second-order valence-electron chi connectivity index (χ2n) is 6.42. The number of benzene rings is 2. The highest BCUT2D eigenvalue weighted by Crippen LogP contribution is 2.24. The van der Waals surface area contributed by atoms with Crippen molar-refractivity contribution in [3.05, 3.63) is 70.3 Å². The average molecular weight is 378 g/mol. The Morgan fingerprint density at radius 2 is 1.61 bits per heavy atom. The summed E-state index contributed by atoms with van der Waals surface area (Å²) in [6.45, 7) is 3.71. The Bertz CT molecular complexity index is 1000. The van der Waals surface area contributed by atoms with Crippen LogP contribution in [0.5, 0.6) is 0 Å². The minimum absolute atomic E-state index is 0.176. The third-order valence-corrected chi connectivity index (χ3v) is 4.21. The highest BCUT2D eigenvalue weighted by Gasteiger charge is 2.36. The number of esters is 1.